The lowest BCUT2D eigenvalue weighted by Gasteiger charge is -2.14. The van der Waals surface area contributed by atoms with Crippen molar-refractivity contribution in [3.8, 4) is 0 Å². The van der Waals surface area contributed by atoms with E-state index in [-0.39, 0.29) is 5.91 Å². The van der Waals surface area contributed by atoms with Gasteiger partial charge in [0.1, 0.15) is 0 Å². The summed E-state index contributed by atoms with van der Waals surface area (Å²) in [5.74, 6) is -0.0189. The molecule has 0 unspecified atom stereocenters. The van der Waals surface area contributed by atoms with Crippen LogP contribution in [0.3, 0.4) is 0 Å². The third-order valence-electron chi connectivity index (χ3n) is 3.48. The highest BCUT2D eigenvalue weighted by Crippen LogP contribution is 2.37. The van der Waals surface area contributed by atoms with Crippen molar-refractivity contribution in [2.45, 2.75) is 13.3 Å². The molecule has 0 spiro atoms. The third kappa shape index (κ3) is 2.98. The maximum Gasteiger partial charge on any atom is 0.270 e. The van der Waals surface area contributed by atoms with Crippen LogP contribution in [0.2, 0.25) is 0 Å². The summed E-state index contributed by atoms with van der Waals surface area (Å²) in [7, 11) is 0. The van der Waals surface area contributed by atoms with Crippen molar-refractivity contribution in [2.24, 2.45) is 0 Å². The lowest BCUT2D eigenvalue weighted by molar-refractivity contribution is -0.113. The van der Waals surface area contributed by atoms with Gasteiger partial charge in [0.25, 0.3) is 5.91 Å². The number of thioether (sulfide) groups is 1. The first-order valence-corrected chi connectivity index (χ1v) is 8.24. The molecule has 1 fully saturated rings. The fraction of sp³-hybridized carbons (Fsp3) is 0.111. The van der Waals surface area contributed by atoms with E-state index < -0.39 is 0 Å². The lowest BCUT2D eigenvalue weighted by Crippen LogP contribution is -2.27. The Morgan fingerprint density at radius 1 is 1.05 bits per heavy atom. The van der Waals surface area contributed by atoms with Gasteiger partial charge in [-0.2, -0.15) is 0 Å². The van der Waals surface area contributed by atoms with Gasteiger partial charge in [-0.3, -0.25) is 9.69 Å². The molecule has 1 amide bonds. The Bertz CT molecular complexity index is 738. The van der Waals surface area contributed by atoms with E-state index in [1.54, 1.807) is 4.90 Å². The Balaban J connectivity index is 1.89. The van der Waals surface area contributed by atoms with Crippen LogP contribution in [0, 0.1) is 0 Å². The van der Waals surface area contributed by atoms with E-state index in [4.69, 9.17) is 12.2 Å². The lowest BCUT2D eigenvalue weighted by atomic mass is 10.1. The van der Waals surface area contributed by atoms with E-state index in [0.29, 0.717) is 4.32 Å². The normalized spacial score (nSPS) is 17.0. The van der Waals surface area contributed by atoms with Gasteiger partial charge < -0.3 is 0 Å². The van der Waals surface area contributed by atoms with E-state index in [9.17, 15) is 4.79 Å². The van der Waals surface area contributed by atoms with Crippen LogP contribution in [0.25, 0.3) is 0 Å². The fourth-order valence-corrected chi connectivity index (χ4v) is 3.73. The van der Waals surface area contributed by atoms with Gasteiger partial charge in [0, 0.05) is 0 Å². The molecule has 4 heteroatoms. The predicted octanol–water partition coefficient (Wildman–Crippen LogP) is 4.57. The van der Waals surface area contributed by atoms with E-state index in [0.717, 1.165) is 22.6 Å². The van der Waals surface area contributed by atoms with Gasteiger partial charge >= 0.3 is 0 Å². The number of hydrogen-bond donors (Lipinski definition) is 0. The number of benzene rings is 2. The zero-order chi connectivity index (χ0) is 15.5. The molecule has 22 heavy (non-hydrogen) atoms. The van der Waals surface area contributed by atoms with Crippen molar-refractivity contribution in [3.63, 3.8) is 0 Å². The zero-order valence-electron chi connectivity index (χ0n) is 12.2. The minimum atomic E-state index is -0.0189. The number of anilines is 1. The molecule has 1 saturated heterocycles. The molecule has 2 aromatic rings. The van der Waals surface area contributed by atoms with Gasteiger partial charge in [0.15, 0.2) is 4.32 Å². The monoisotopic (exact) mass is 325 g/mol. The number of carbonyl (C=O) groups excluding carboxylic acids is 1. The van der Waals surface area contributed by atoms with Gasteiger partial charge in [-0.15, -0.1) is 0 Å². The molecule has 0 aliphatic carbocycles. The molecular formula is C18H15NOS2. The van der Waals surface area contributed by atoms with Crippen LogP contribution in [-0.2, 0) is 11.2 Å². The summed E-state index contributed by atoms with van der Waals surface area (Å²) in [6.45, 7) is 2.00. The van der Waals surface area contributed by atoms with Gasteiger partial charge in [0.05, 0.1) is 10.6 Å². The molecule has 1 aliphatic heterocycles. The van der Waals surface area contributed by atoms with E-state index in [2.05, 4.69) is 12.1 Å². The zero-order valence-corrected chi connectivity index (χ0v) is 13.8. The number of carbonyl (C=O) groups is 1. The highest BCUT2D eigenvalue weighted by atomic mass is 32.2. The largest absolute Gasteiger partial charge is 0.270 e. The van der Waals surface area contributed by atoms with Crippen molar-refractivity contribution in [2.75, 3.05) is 4.90 Å². The summed E-state index contributed by atoms with van der Waals surface area (Å²) in [6, 6.07) is 19.7. The average molecular weight is 325 g/mol. The molecule has 3 rings (SSSR count). The summed E-state index contributed by atoms with van der Waals surface area (Å²) < 4.78 is 0.596. The molecule has 0 N–H and O–H groups in total. The molecule has 1 heterocycles. The number of para-hydroxylation sites is 1. The van der Waals surface area contributed by atoms with Gasteiger partial charge in [-0.05, 0) is 36.6 Å². The molecule has 0 aromatic heterocycles. The number of thiocarbonyl (C=S) groups is 1. The van der Waals surface area contributed by atoms with Gasteiger partial charge in [-0.1, -0.05) is 72.5 Å². The third-order valence-corrected chi connectivity index (χ3v) is 5.00. The van der Waals surface area contributed by atoms with E-state index >= 15 is 0 Å². The van der Waals surface area contributed by atoms with Crippen molar-refractivity contribution >= 4 is 39.9 Å². The number of allylic oxidation sites excluding steroid dienone is 1. The second kappa shape index (κ2) is 6.46. The van der Waals surface area contributed by atoms with Crippen LogP contribution in [0.1, 0.15) is 12.5 Å². The molecule has 110 valence electrons. The van der Waals surface area contributed by atoms with Crippen LogP contribution in [0.4, 0.5) is 5.69 Å². The maximum absolute atomic E-state index is 12.7. The molecule has 0 bridgehead atoms. The van der Waals surface area contributed by atoms with Gasteiger partial charge in [0.2, 0.25) is 0 Å². The number of rotatable bonds is 3. The Hall–Kier alpha value is -1.91. The second-order valence-corrected chi connectivity index (χ2v) is 6.76. The van der Waals surface area contributed by atoms with Crippen LogP contribution in [-0.4, -0.2) is 10.2 Å². The molecule has 1 aliphatic rings. The van der Waals surface area contributed by atoms with Crippen molar-refractivity contribution in [3.05, 3.63) is 76.7 Å². The van der Waals surface area contributed by atoms with Crippen molar-refractivity contribution in [1.82, 2.24) is 0 Å². The average Bonchev–Trinajstić information content (AvgIpc) is 2.84. The second-order valence-electron chi connectivity index (χ2n) is 5.12. The first kappa shape index (κ1) is 15.0. The number of hydrogen-bond acceptors (Lipinski definition) is 3. The Morgan fingerprint density at radius 3 is 2.27 bits per heavy atom. The minimum Gasteiger partial charge on any atom is -0.268 e. The molecule has 2 aromatic carbocycles. The Labute approximate surface area is 139 Å². The van der Waals surface area contributed by atoms with E-state index in [1.165, 1.54) is 17.3 Å². The Morgan fingerprint density at radius 2 is 1.64 bits per heavy atom. The summed E-state index contributed by atoms with van der Waals surface area (Å²) in [4.78, 5) is 15.1. The predicted molar refractivity (Wildman–Crippen MR) is 97.0 cm³/mol. The molecule has 0 radical (unpaired) electrons. The molecule has 0 saturated carbocycles. The molecule has 0 atom stereocenters. The smallest absolute Gasteiger partial charge is 0.268 e. The Kier molecular flexibility index (Phi) is 4.41. The van der Waals surface area contributed by atoms with Crippen LogP contribution < -0.4 is 4.90 Å². The number of amides is 1. The fourth-order valence-electron chi connectivity index (χ4n) is 2.41. The van der Waals surface area contributed by atoms with Gasteiger partial charge in [-0.25, -0.2) is 0 Å². The molecule has 2 nitrogen and oxygen atoms in total. The quantitative estimate of drug-likeness (QED) is 0.609. The summed E-state index contributed by atoms with van der Waals surface area (Å²) in [6.07, 6.45) is 0.764. The van der Waals surface area contributed by atoms with Crippen LogP contribution >= 0.6 is 24.0 Å². The van der Waals surface area contributed by atoms with E-state index in [1.807, 2.05) is 55.5 Å². The van der Waals surface area contributed by atoms with Crippen molar-refractivity contribution in [1.29, 1.82) is 0 Å². The van der Waals surface area contributed by atoms with Crippen LogP contribution in [0.5, 0.6) is 0 Å². The minimum absolute atomic E-state index is 0.0189. The number of nitrogens with zero attached hydrogens (tertiary/aromatic N) is 1. The first-order chi connectivity index (χ1) is 10.7. The highest BCUT2D eigenvalue weighted by Gasteiger charge is 2.34. The first-order valence-electron chi connectivity index (χ1n) is 7.02. The summed E-state index contributed by atoms with van der Waals surface area (Å²) >= 11 is 6.79. The maximum atomic E-state index is 12.7. The topological polar surface area (TPSA) is 20.3 Å². The molecular weight excluding hydrogens is 310 g/mol. The summed E-state index contributed by atoms with van der Waals surface area (Å²) in [5.41, 5.74) is 3.08. The van der Waals surface area contributed by atoms with Crippen LogP contribution in [0.15, 0.2) is 71.1 Å². The van der Waals surface area contributed by atoms with Crippen molar-refractivity contribution < 1.29 is 4.79 Å². The standard InChI is InChI=1S/C18H15NOS2/c1-13(12-14-8-4-2-5-9-14)16-17(20)19(18(21)22-16)15-10-6-3-7-11-15/h2-11H,12H2,1H3/b16-13+. The highest BCUT2D eigenvalue weighted by molar-refractivity contribution is 8.27. The SMILES string of the molecule is C/C(Cc1ccccc1)=C1\SC(=S)N(c2ccccc2)C1=O. The summed E-state index contributed by atoms with van der Waals surface area (Å²) in [5, 5.41) is 0.